The van der Waals surface area contributed by atoms with Crippen molar-refractivity contribution in [1.29, 1.82) is 0 Å². The third-order valence-electron chi connectivity index (χ3n) is 3.75. The molecule has 0 aromatic carbocycles. The highest BCUT2D eigenvalue weighted by molar-refractivity contribution is 7.90. The summed E-state index contributed by atoms with van der Waals surface area (Å²) in [4.78, 5) is 0. The quantitative estimate of drug-likeness (QED) is 0.645. The molecular weight excluding hydrogens is 314 g/mol. The van der Waals surface area contributed by atoms with Gasteiger partial charge in [-0.1, -0.05) is 6.92 Å². The van der Waals surface area contributed by atoms with E-state index in [0.717, 1.165) is 36.5 Å². The molecule has 7 nitrogen and oxygen atoms in total. The van der Waals surface area contributed by atoms with Crippen LogP contribution in [0.1, 0.15) is 19.8 Å². The predicted molar refractivity (Wildman–Crippen MR) is 84.1 cm³/mol. The molecule has 0 atom stereocenters. The van der Waals surface area contributed by atoms with Crippen molar-refractivity contribution in [1.82, 2.24) is 13.9 Å². The summed E-state index contributed by atoms with van der Waals surface area (Å²) < 4.78 is 49.6. The van der Waals surface area contributed by atoms with E-state index in [0.29, 0.717) is 19.0 Å². The second-order valence-corrected chi connectivity index (χ2v) is 9.90. The Morgan fingerprint density at radius 3 is 2.24 bits per heavy atom. The fraction of sp³-hybridized carbons (Fsp3) is 1.00. The molecule has 21 heavy (non-hydrogen) atoms. The van der Waals surface area contributed by atoms with E-state index in [1.165, 1.54) is 11.4 Å². The molecule has 1 rings (SSSR count). The van der Waals surface area contributed by atoms with Gasteiger partial charge in [-0.15, -0.1) is 0 Å². The molecule has 1 saturated heterocycles. The Morgan fingerprint density at radius 1 is 1.19 bits per heavy atom. The molecule has 0 aliphatic carbocycles. The van der Waals surface area contributed by atoms with Gasteiger partial charge in [-0.2, -0.15) is 17.0 Å². The van der Waals surface area contributed by atoms with Crippen molar-refractivity contribution in [2.24, 2.45) is 5.92 Å². The van der Waals surface area contributed by atoms with Crippen molar-refractivity contribution in [2.75, 3.05) is 51.8 Å². The first kappa shape index (κ1) is 18.8. The number of nitrogens with one attached hydrogen (secondary N) is 1. The molecule has 126 valence electrons. The van der Waals surface area contributed by atoms with Crippen LogP contribution in [0.4, 0.5) is 0 Å². The SMILES string of the molecule is CCNCC1CCN(S(=O)(=O)N(C)CCS(C)(=O)=O)CC1. The third-order valence-corrected chi connectivity index (χ3v) is 6.67. The highest BCUT2D eigenvalue weighted by Crippen LogP contribution is 2.20. The highest BCUT2D eigenvalue weighted by atomic mass is 32.2. The van der Waals surface area contributed by atoms with Crippen LogP contribution in [-0.2, 0) is 20.0 Å². The van der Waals surface area contributed by atoms with Crippen molar-refractivity contribution in [3.8, 4) is 0 Å². The smallest absolute Gasteiger partial charge is 0.281 e. The Kier molecular flexibility index (Phi) is 7.05. The standard InChI is InChI=1S/C12H27N3O4S2/c1-4-13-11-12-5-7-15(8-6-12)21(18,19)14(2)9-10-20(3,16)17/h12-13H,4-11H2,1-3H3. The molecule has 0 saturated carbocycles. The second-order valence-electron chi connectivity index (χ2n) is 5.61. The summed E-state index contributed by atoms with van der Waals surface area (Å²) in [6, 6.07) is 0. The Balaban J connectivity index is 2.52. The van der Waals surface area contributed by atoms with Crippen molar-refractivity contribution in [3.63, 3.8) is 0 Å². The number of nitrogens with zero attached hydrogens (tertiary/aromatic N) is 2. The molecule has 1 heterocycles. The van der Waals surface area contributed by atoms with Gasteiger partial charge < -0.3 is 5.32 Å². The van der Waals surface area contributed by atoms with E-state index in [4.69, 9.17) is 0 Å². The van der Waals surface area contributed by atoms with Crippen LogP contribution in [0, 0.1) is 5.92 Å². The largest absolute Gasteiger partial charge is 0.317 e. The Bertz CT molecular complexity index is 511. The first-order valence-corrected chi connectivity index (χ1v) is 10.7. The first-order chi connectivity index (χ1) is 9.66. The van der Waals surface area contributed by atoms with E-state index in [1.807, 2.05) is 0 Å². The number of hydrogen-bond donors (Lipinski definition) is 1. The molecule has 0 bridgehead atoms. The summed E-state index contributed by atoms with van der Waals surface area (Å²) in [6.45, 7) is 4.90. The minimum Gasteiger partial charge on any atom is -0.317 e. The fourth-order valence-corrected chi connectivity index (χ4v) is 4.41. The van der Waals surface area contributed by atoms with Crippen molar-refractivity contribution < 1.29 is 16.8 Å². The normalized spacial score (nSPS) is 19.2. The lowest BCUT2D eigenvalue weighted by atomic mass is 9.98. The van der Waals surface area contributed by atoms with Crippen LogP contribution >= 0.6 is 0 Å². The van der Waals surface area contributed by atoms with Crippen molar-refractivity contribution in [3.05, 3.63) is 0 Å². The van der Waals surface area contributed by atoms with Crippen LogP contribution in [0.3, 0.4) is 0 Å². The summed E-state index contributed by atoms with van der Waals surface area (Å²) in [5, 5.41) is 3.29. The predicted octanol–water partition coefficient (Wildman–Crippen LogP) is -0.471. The summed E-state index contributed by atoms with van der Waals surface area (Å²) in [7, 11) is -5.27. The van der Waals surface area contributed by atoms with Gasteiger partial charge in [-0.3, -0.25) is 0 Å². The number of rotatable bonds is 8. The topological polar surface area (TPSA) is 86.8 Å². The van der Waals surface area contributed by atoms with Crippen LogP contribution < -0.4 is 5.32 Å². The molecule has 0 radical (unpaired) electrons. The van der Waals surface area contributed by atoms with Crippen LogP contribution in [0.2, 0.25) is 0 Å². The van der Waals surface area contributed by atoms with Crippen LogP contribution in [-0.4, -0.2) is 77.2 Å². The molecule has 9 heteroatoms. The van der Waals surface area contributed by atoms with Gasteiger partial charge in [0.05, 0.1) is 5.75 Å². The van der Waals surface area contributed by atoms with E-state index in [1.54, 1.807) is 0 Å². The van der Waals surface area contributed by atoms with E-state index in [-0.39, 0.29) is 12.3 Å². The zero-order valence-corrected chi connectivity index (χ0v) is 14.7. The summed E-state index contributed by atoms with van der Waals surface area (Å²) in [5.41, 5.74) is 0. The zero-order chi connectivity index (χ0) is 16.1. The van der Waals surface area contributed by atoms with Gasteiger partial charge in [-0.25, -0.2) is 8.42 Å². The summed E-state index contributed by atoms with van der Waals surface area (Å²) in [5.74, 6) is 0.359. The Labute approximate surface area is 128 Å². The molecule has 0 unspecified atom stereocenters. The maximum Gasteiger partial charge on any atom is 0.281 e. The lowest BCUT2D eigenvalue weighted by molar-refractivity contribution is 0.255. The molecule has 1 aliphatic rings. The summed E-state index contributed by atoms with van der Waals surface area (Å²) >= 11 is 0. The molecule has 1 fully saturated rings. The van der Waals surface area contributed by atoms with Crippen LogP contribution in [0.15, 0.2) is 0 Å². The van der Waals surface area contributed by atoms with E-state index in [9.17, 15) is 16.8 Å². The average molecular weight is 341 g/mol. The van der Waals surface area contributed by atoms with Crippen molar-refractivity contribution in [2.45, 2.75) is 19.8 Å². The molecule has 0 spiro atoms. The summed E-state index contributed by atoms with van der Waals surface area (Å²) in [6.07, 6.45) is 2.79. The Hall–Kier alpha value is -0.220. The van der Waals surface area contributed by atoms with Gasteiger partial charge in [0.15, 0.2) is 0 Å². The molecule has 0 amide bonds. The maximum absolute atomic E-state index is 12.4. The molecule has 1 aliphatic heterocycles. The average Bonchev–Trinajstić information content (AvgIpc) is 2.42. The molecular formula is C12H27N3O4S2. The van der Waals surface area contributed by atoms with Crippen molar-refractivity contribution >= 4 is 20.0 Å². The lowest BCUT2D eigenvalue weighted by Crippen LogP contribution is -2.47. The van der Waals surface area contributed by atoms with Gasteiger partial charge in [-0.05, 0) is 31.8 Å². The number of hydrogen-bond acceptors (Lipinski definition) is 5. The minimum atomic E-state index is -3.55. The van der Waals surface area contributed by atoms with Gasteiger partial charge in [0.2, 0.25) is 0 Å². The number of piperidine rings is 1. The highest BCUT2D eigenvalue weighted by Gasteiger charge is 2.31. The van der Waals surface area contributed by atoms with Gasteiger partial charge >= 0.3 is 0 Å². The second kappa shape index (κ2) is 7.87. The van der Waals surface area contributed by atoms with E-state index < -0.39 is 20.0 Å². The minimum absolute atomic E-state index is 0.00150. The monoisotopic (exact) mass is 341 g/mol. The Morgan fingerprint density at radius 2 is 1.76 bits per heavy atom. The maximum atomic E-state index is 12.4. The fourth-order valence-electron chi connectivity index (χ4n) is 2.30. The third kappa shape index (κ3) is 6.19. The van der Waals surface area contributed by atoms with E-state index in [2.05, 4.69) is 12.2 Å². The molecule has 1 N–H and O–H groups in total. The van der Waals surface area contributed by atoms with Gasteiger partial charge in [0.1, 0.15) is 9.84 Å². The van der Waals surface area contributed by atoms with Gasteiger partial charge in [0, 0.05) is 32.9 Å². The van der Waals surface area contributed by atoms with Crippen LogP contribution in [0.5, 0.6) is 0 Å². The number of sulfone groups is 1. The van der Waals surface area contributed by atoms with Crippen LogP contribution in [0.25, 0.3) is 0 Å². The first-order valence-electron chi connectivity index (χ1n) is 7.26. The van der Waals surface area contributed by atoms with E-state index >= 15 is 0 Å². The zero-order valence-electron chi connectivity index (χ0n) is 13.1. The molecule has 0 aromatic heterocycles. The molecule has 0 aromatic rings. The lowest BCUT2D eigenvalue weighted by Gasteiger charge is -2.33. The van der Waals surface area contributed by atoms with Gasteiger partial charge in [0.25, 0.3) is 10.2 Å².